The van der Waals surface area contributed by atoms with Gasteiger partial charge in [-0.2, -0.15) is 5.10 Å². The molecule has 2 rings (SSSR count). The summed E-state index contributed by atoms with van der Waals surface area (Å²) in [5.74, 6) is 0.908. The van der Waals surface area contributed by atoms with Gasteiger partial charge in [0.2, 0.25) is 0 Å². The molecule has 0 saturated heterocycles. The molecule has 4 nitrogen and oxygen atoms in total. The van der Waals surface area contributed by atoms with Crippen molar-refractivity contribution >= 4 is 0 Å². The van der Waals surface area contributed by atoms with E-state index in [1.54, 1.807) is 7.11 Å². The van der Waals surface area contributed by atoms with Crippen molar-refractivity contribution in [2.24, 2.45) is 7.05 Å². The van der Waals surface area contributed by atoms with E-state index in [1.165, 1.54) is 5.69 Å². The Morgan fingerprint density at radius 1 is 1.29 bits per heavy atom. The molecule has 0 radical (unpaired) electrons. The molecule has 0 saturated carbocycles. The molecule has 1 aromatic carbocycles. The minimum absolute atomic E-state index is 0.0962. The Hall–Kier alpha value is -1.81. The summed E-state index contributed by atoms with van der Waals surface area (Å²) in [5, 5.41) is 8.19. The highest BCUT2D eigenvalue weighted by atomic mass is 16.5. The molecule has 4 heteroatoms. The van der Waals surface area contributed by atoms with E-state index in [2.05, 4.69) is 42.5 Å². The monoisotopic (exact) mass is 287 g/mol. The van der Waals surface area contributed by atoms with Crippen molar-refractivity contribution in [3.8, 4) is 5.75 Å². The van der Waals surface area contributed by atoms with Crippen LogP contribution >= 0.6 is 0 Å². The molecule has 1 unspecified atom stereocenters. The highest BCUT2D eigenvalue weighted by Gasteiger charge is 2.21. The normalized spacial score (nSPS) is 12.4. The molecule has 1 aromatic heterocycles. The Kier molecular flexibility index (Phi) is 5.39. The Morgan fingerprint density at radius 2 is 2.05 bits per heavy atom. The molecule has 0 fully saturated rings. The van der Waals surface area contributed by atoms with Crippen LogP contribution in [0, 0.1) is 0 Å². The molecule has 0 spiro atoms. The Bertz CT molecular complexity index is 577. The summed E-state index contributed by atoms with van der Waals surface area (Å²) < 4.78 is 7.50. The first kappa shape index (κ1) is 15.6. The SMILES string of the molecule is CCCNC(c1ccccc1OC)c1cc(CC)nn1C. The fraction of sp³-hybridized carbons (Fsp3) is 0.471. The summed E-state index contributed by atoms with van der Waals surface area (Å²) in [4.78, 5) is 0. The van der Waals surface area contributed by atoms with E-state index in [0.717, 1.165) is 36.4 Å². The first-order valence-corrected chi connectivity index (χ1v) is 7.60. The second-order valence-corrected chi connectivity index (χ2v) is 5.17. The third-order valence-corrected chi connectivity index (χ3v) is 3.67. The third kappa shape index (κ3) is 3.45. The number of nitrogens with one attached hydrogen (secondary N) is 1. The molecule has 21 heavy (non-hydrogen) atoms. The van der Waals surface area contributed by atoms with E-state index in [9.17, 15) is 0 Å². The number of aromatic nitrogens is 2. The zero-order valence-corrected chi connectivity index (χ0v) is 13.4. The number of hydrogen-bond donors (Lipinski definition) is 1. The number of rotatable bonds is 7. The predicted molar refractivity (Wildman–Crippen MR) is 85.7 cm³/mol. The molecule has 1 heterocycles. The highest BCUT2D eigenvalue weighted by molar-refractivity contribution is 5.40. The summed E-state index contributed by atoms with van der Waals surface area (Å²) in [6.45, 7) is 5.26. The van der Waals surface area contributed by atoms with Crippen LogP contribution in [0.1, 0.15) is 43.3 Å². The van der Waals surface area contributed by atoms with Crippen LogP contribution < -0.4 is 10.1 Å². The van der Waals surface area contributed by atoms with Crippen molar-refractivity contribution in [2.45, 2.75) is 32.7 Å². The minimum Gasteiger partial charge on any atom is -0.496 e. The fourth-order valence-corrected chi connectivity index (χ4v) is 2.55. The zero-order chi connectivity index (χ0) is 15.2. The van der Waals surface area contributed by atoms with Crippen LogP contribution in [-0.4, -0.2) is 23.4 Å². The van der Waals surface area contributed by atoms with Gasteiger partial charge in [-0.05, 0) is 31.5 Å². The third-order valence-electron chi connectivity index (χ3n) is 3.67. The van der Waals surface area contributed by atoms with Gasteiger partial charge in [0, 0.05) is 12.6 Å². The van der Waals surface area contributed by atoms with E-state index in [0.29, 0.717) is 0 Å². The number of ether oxygens (including phenoxy) is 1. The maximum atomic E-state index is 5.53. The molecule has 1 N–H and O–H groups in total. The van der Waals surface area contributed by atoms with Gasteiger partial charge in [-0.15, -0.1) is 0 Å². The Balaban J connectivity index is 2.44. The highest BCUT2D eigenvalue weighted by Crippen LogP contribution is 2.30. The molecular weight excluding hydrogens is 262 g/mol. The second-order valence-electron chi connectivity index (χ2n) is 5.17. The lowest BCUT2D eigenvalue weighted by Gasteiger charge is -2.21. The largest absolute Gasteiger partial charge is 0.496 e. The number of benzene rings is 1. The summed E-state index contributed by atoms with van der Waals surface area (Å²) >= 11 is 0. The summed E-state index contributed by atoms with van der Waals surface area (Å²) in [7, 11) is 3.72. The molecular formula is C17H25N3O. The van der Waals surface area contributed by atoms with Gasteiger partial charge in [-0.3, -0.25) is 4.68 Å². The first-order chi connectivity index (χ1) is 10.2. The quantitative estimate of drug-likeness (QED) is 0.850. The standard InChI is InChI=1S/C17H25N3O/c1-5-11-18-17(14-9-7-8-10-16(14)21-4)15-12-13(6-2)19-20(15)3/h7-10,12,17-18H,5-6,11H2,1-4H3. The van der Waals surface area contributed by atoms with Gasteiger partial charge >= 0.3 is 0 Å². The van der Waals surface area contributed by atoms with Crippen LogP contribution in [0.5, 0.6) is 5.75 Å². The molecule has 0 aliphatic carbocycles. The molecule has 2 aromatic rings. The van der Waals surface area contributed by atoms with Crippen molar-refractivity contribution in [3.63, 3.8) is 0 Å². The summed E-state index contributed by atoms with van der Waals surface area (Å²) in [6.07, 6.45) is 2.03. The van der Waals surface area contributed by atoms with Crippen molar-refractivity contribution in [1.29, 1.82) is 0 Å². The van der Waals surface area contributed by atoms with Gasteiger partial charge in [-0.25, -0.2) is 0 Å². The maximum absolute atomic E-state index is 5.53. The maximum Gasteiger partial charge on any atom is 0.124 e. The number of para-hydroxylation sites is 1. The van der Waals surface area contributed by atoms with Crippen molar-refractivity contribution in [2.75, 3.05) is 13.7 Å². The Labute approximate surface area is 127 Å². The van der Waals surface area contributed by atoms with Gasteiger partial charge in [0.1, 0.15) is 5.75 Å². The summed E-state index contributed by atoms with van der Waals surface area (Å²) in [5.41, 5.74) is 3.44. The van der Waals surface area contributed by atoms with E-state index >= 15 is 0 Å². The van der Waals surface area contributed by atoms with Gasteiger partial charge < -0.3 is 10.1 Å². The molecule has 0 aliphatic heterocycles. The van der Waals surface area contributed by atoms with Gasteiger partial charge in [-0.1, -0.05) is 32.0 Å². The average Bonchev–Trinajstić information content (AvgIpc) is 2.89. The van der Waals surface area contributed by atoms with Gasteiger partial charge in [0.15, 0.2) is 0 Å². The number of nitrogens with zero attached hydrogens (tertiary/aromatic N) is 2. The fourth-order valence-electron chi connectivity index (χ4n) is 2.55. The average molecular weight is 287 g/mol. The topological polar surface area (TPSA) is 39.1 Å². The molecule has 1 atom stereocenters. The number of aryl methyl sites for hydroxylation is 2. The lowest BCUT2D eigenvalue weighted by Crippen LogP contribution is -2.25. The first-order valence-electron chi connectivity index (χ1n) is 7.60. The van der Waals surface area contributed by atoms with E-state index in [-0.39, 0.29) is 6.04 Å². The zero-order valence-electron chi connectivity index (χ0n) is 13.4. The smallest absolute Gasteiger partial charge is 0.124 e. The lowest BCUT2D eigenvalue weighted by atomic mass is 10.0. The minimum atomic E-state index is 0.0962. The molecule has 0 aliphatic rings. The predicted octanol–water partition coefficient (Wildman–Crippen LogP) is 3.08. The van der Waals surface area contributed by atoms with Crippen LogP contribution in [-0.2, 0) is 13.5 Å². The van der Waals surface area contributed by atoms with E-state index in [1.807, 2.05) is 23.9 Å². The number of hydrogen-bond acceptors (Lipinski definition) is 3. The van der Waals surface area contributed by atoms with Crippen LogP contribution in [0.15, 0.2) is 30.3 Å². The van der Waals surface area contributed by atoms with Gasteiger partial charge in [0.25, 0.3) is 0 Å². The van der Waals surface area contributed by atoms with Crippen LogP contribution in [0.3, 0.4) is 0 Å². The molecule has 0 amide bonds. The number of methoxy groups -OCH3 is 1. The van der Waals surface area contributed by atoms with E-state index in [4.69, 9.17) is 4.74 Å². The van der Waals surface area contributed by atoms with Crippen molar-refractivity contribution < 1.29 is 4.74 Å². The summed E-state index contributed by atoms with van der Waals surface area (Å²) in [6, 6.07) is 10.5. The molecule has 114 valence electrons. The van der Waals surface area contributed by atoms with Crippen LogP contribution in [0.4, 0.5) is 0 Å². The molecule has 0 bridgehead atoms. The van der Waals surface area contributed by atoms with Crippen LogP contribution in [0.2, 0.25) is 0 Å². The van der Waals surface area contributed by atoms with Crippen molar-refractivity contribution in [3.05, 3.63) is 47.3 Å². The lowest BCUT2D eigenvalue weighted by molar-refractivity contribution is 0.402. The van der Waals surface area contributed by atoms with Crippen molar-refractivity contribution in [1.82, 2.24) is 15.1 Å². The van der Waals surface area contributed by atoms with E-state index < -0.39 is 0 Å². The Morgan fingerprint density at radius 3 is 2.67 bits per heavy atom. The second kappa shape index (κ2) is 7.27. The van der Waals surface area contributed by atoms with Gasteiger partial charge in [0.05, 0.1) is 24.5 Å². The van der Waals surface area contributed by atoms with Crippen LogP contribution in [0.25, 0.3) is 0 Å².